The van der Waals surface area contributed by atoms with Crippen LogP contribution in [0, 0.1) is 0 Å². The summed E-state index contributed by atoms with van der Waals surface area (Å²) in [6, 6.07) is 6.71. The minimum atomic E-state index is -3.12. The normalized spacial score (nSPS) is 11.4. The lowest BCUT2D eigenvalue weighted by Gasteiger charge is -2.01. The Morgan fingerprint density at radius 2 is 1.81 bits per heavy atom. The molecular formula is C11H14O3S2. The molecule has 1 rings (SSSR count). The van der Waals surface area contributed by atoms with Crippen molar-refractivity contribution in [3.8, 4) is 0 Å². The van der Waals surface area contributed by atoms with Gasteiger partial charge in [-0.2, -0.15) is 0 Å². The molecule has 0 aliphatic carbocycles. The van der Waals surface area contributed by atoms with Crippen molar-refractivity contribution in [2.45, 2.75) is 23.1 Å². The molecule has 0 spiro atoms. The van der Waals surface area contributed by atoms with E-state index in [9.17, 15) is 13.2 Å². The summed E-state index contributed by atoms with van der Waals surface area (Å²) in [6.45, 7) is 1.56. The summed E-state index contributed by atoms with van der Waals surface area (Å²) >= 11 is 1.55. The fourth-order valence-corrected chi connectivity index (χ4v) is 2.68. The fraction of sp³-hybridized carbons (Fsp3) is 0.364. The Morgan fingerprint density at radius 1 is 1.25 bits per heavy atom. The van der Waals surface area contributed by atoms with Crippen molar-refractivity contribution >= 4 is 27.4 Å². The highest BCUT2D eigenvalue weighted by molar-refractivity contribution is 7.99. The number of carbonyl (C=O) groups is 1. The van der Waals surface area contributed by atoms with Crippen LogP contribution in [0.4, 0.5) is 0 Å². The molecule has 0 saturated heterocycles. The zero-order valence-corrected chi connectivity index (χ0v) is 10.9. The number of hydrogen-bond acceptors (Lipinski definition) is 4. The zero-order valence-electron chi connectivity index (χ0n) is 9.26. The number of ketones is 1. The fourth-order valence-electron chi connectivity index (χ4n) is 1.10. The second-order valence-electron chi connectivity index (χ2n) is 3.54. The van der Waals surface area contributed by atoms with E-state index in [1.165, 1.54) is 6.26 Å². The van der Waals surface area contributed by atoms with Gasteiger partial charge in [-0.05, 0) is 31.2 Å². The first-order valence-corrected chi connectivity index (χ1v) is 7.69. The van der Waals surface area contributed by atoms with Gasteiger partial charge in [0, 0.05) is 23.3 Å². The second kappa shape index (κ2) is 5.50. The lowest BCUT2D eigenvalue weighted by atomic mass is 10.4. The number of carbonyl (C=O) groups excluding carboxylic acids is 1. The van der Waals surface area contributed by atoms with E-state index in [1.54, 1.807) is 43.0 Å². The SMILES string of the molecule is CC(=O)CCSc1ccc(S(C)(=O)=O)cc1. The molecule has 0 heterocycles. The van der Waals surface area contributed by atoms with Crippen LogP contribution in [0.3, 0.4) is 0 Å². The van der Waals surface area contributed by atoms with Gasteiger partial charge in [0.25, 0.3) is 0 Å². The van der Waals surface area contributed by atoms with Crippen molar-refractivity contribution in [1.82, 2.24) is 0 Å². The molecular weight excluding hydrogens is 244 g/mol. The van der Waals surface area contributed by atoms with Crippen LogP contribution in [0.1, 0.15) is 13.3 Å². The average Bonchev–Trinajstić information content (AvgIpc) is 2.16. The molecule has 0 bridgehead atoms. The second-order valence-corrected chi connectivity index (χ2v) is 6.73. The summed E-state index contributed by atoms with van der Waals surface area (Å²) in [5.74, 6) is 0.897. The Labute approximate surface area is 100 Å². The van der Waals surface area contributed by atoms with Gasteiger partial charge in [0.05, 0.1) is 4.90 Å². The van der Waals surface area contributed by atoms with Crippen LogP contribution in [0.2, 0.25) is 0 Å². The van der Waals surface area contributed by atoms with Gasteiger partial charge < -0.3 is 0 Å². The van der Waals surface area contributed by atoms with Crippen molar-refractivity contribution in [3.05, 3.63) is 24.3 Å². The van der Waals surface area contributed by atoms with Gasteiger partial charge in [0.1, 0.15) is 5.78 Å². The molecule has 0 aliphatic heterocycles. The Balaban J connectivity index is 2.62. The van der Waals surface area contributed by atoms with E-state index in [4.69, 9.17) is 0 Å². The summed E-state index contributed by atoms with van der Waals surface area (Å²) in [7, 11) is -3.12. The monoisotopic (exact) mass is 258 g/mol. The quantitative estimate of drug-likeness (QED) is 0.759. The van der Waals surface area contributed by atoms with Gasteiger partial charge in [0.15, 0.2) is 9.84 Å². The Hall–Kier alpha value is -0.810. The first kappa shape index (κ1) is 13.3. The number of thioether (sulfide) groups is 1. The smallest absolute Gasteiger partial charge is 0.175 e. The molecule has 1 aromatic carbocycles. The number of hydrogen-bond donors (Lipinski definition) is 0. The zero-order chi connectivity index (χ0) is 12.2. The Kier molecular flexibility index (Phi) is 4.56. The molecule has 0 amide bonds. The van der Waals surface area contributed by atoms with E-state index in [1.807, 2.05) is 0 Å². The van der Waals surface area contributed by atoms with E-state index >= 15 is 0 Å². The Bertz CT molecular complexity index is 461. The topological polar surface area (TPSA) is 51.2 Å². The predicted octanol–water partition coefficient (Wildman–Crippen LogP) is 2.16. The molecule has 0 fully saturated rings. The molecule has 0 atom stereocenters. The first-order chi connectivity index (χ1) is 7.39. The van der Waals surface area contributed by atoms with E-state index in [-0.39, 0.29) is 5.78 Å². The number of sulfone groups is 1. The maximum Gasteiger partial charge on any atom is 0.175 e. The lowest BCUT2D eigenvalue weighted by Crippen LogP contribution is -1.96. The third-order valence-corrected chi connectivity index (χ3v) is 4.12. The maximum atomic E-state index is 11.2. The highest BCUT2D eigenvalue weighted by Crippen LogP contribution is 2.20. The average molecular weight is 258 g/mol. The van der Waals surface area contributed by atoms with E-state index in [2.05, 4.69) is 0 Å². The molecule has 88 valence electrons. The van der Waals surface area contributed by atoms with Crippen molar-refractivity contribution in [2.75, 3.05) is 12.0 Å². The lowest BCUT2D eigenvalue weighted by molar-refractivity contribution is -0.116. The summed E-state index contributed by atoms with van der Waals surface area (Å²) in [5, 5.41) is 0. The molecule has 0 aliphatic rings. The van der Waals surface area contributed by atoms with Crippen LogP contribution in [0.15, 0.2) is 34.1 Å². The van der Waals surface area contributed by atoms with Gasteiger partial charge in [-0.1, -0.05) is 0 Å². The van der Waals surface area contributed by atoms with Gasteiger partial charge in [0.2, 0.25) is 0 Å². The highest BCUT2D eigenvalue weighted by atomic mass is 32.2. The maximum absolute atomic E-state index is 11.2. The number of benzene rings is 1. The molecule has 1 aromatic rings. The van der Waals surface area contributed by atoms with Crippen LogP contribution in [0.5, 0.6) is 0 Å². The number of Topliss-reactive ketones (excluding diaryl/α,β-unsaturated/α-hetero) is 1. The summed E-state index contributed by atoms with van der Waals surface area (Å²) in [4.78, 5) is 12.0. The van der Waals surface area contributed by atoms with E-state index in [0.717, 1.165) is 10.6 Å². The molecule has 0 aromatic heterocycles. The minimum absolute atomic E-state index is 0.167. The van der Waals surface area contributed by atoms with E-state index < -0.39 is 9.84 Å². The van der Waals surface area contributed by atoms with Crippen molar-refractivity contribution in [3.63, 3.8) is 0 Å². The van der Waals surface area contributed by atoms with Crippen molar-refractivity contribution < 1.29 is 13.2 Å². The summed E-state index contributed by atoms with van der Waals surface area (Å²) in [6.07, 6.45) is 1.73. The standard InChI is InChI=1S/C11H14O3S2/c1-9(12)7-8-15-10-3-5-11(6-4-10)16(2,13)14/h3-6H,7-8H2,1-2H3. The van der Waals surface area contributed by atoms with Gasteiger partial charge in [-0.15, -0.1) is 11.8 Å². The van der Waals surface area contributed by atoms with Gasteiger partial charge in [-0.25, -0.2) is 8.42 Å². The van der Waals surface area contributed by atoms with Crippen LogP contribution in [0.25, 0.3) is 0 Å². The highest BCUT2D eigenvalue weighted by Gasteiger charge is 2.06. The molecule has 0 radical (unpaired) electrons. The van der Waals surface area contributed by atoms with Crippen LogP contribution in [-0.4, -0.2) is 26.2 Å². The Morgan fingerprint density at radius 3 is 2.25 bits per heavy atom. The van der Waals surface area contributed by atoms with Crippen LogP contribution in [-0.2, 0) is 14.6 Å². The van der Waals surface area contributed by atoms with Gasteiger partial charge >= 0.3 is 0 Å². The third kappa shape index (κ3) is 4.37. The first-order valence-electron chi connectivity index (χ1n) is 4.82. The molecule has 3 nitrogen and oxygen atoms in total. The van der Waals surface area contributed by atoms with Crippen LogP contribution < -0.4 is 0 Å². The third-order valence-electron chi connectivity index (χ3n) is 1.97. The largest absolute Gasteiger partial charge is 0.300 e. The van der Waals surface area contributed by atoms with Crippen molar-refractivity contribution in [1.29, 1.82) is 0 Å². The molecule has 16 heavy (non-hydrogen) atoms. The summed E-state index contributed by atoms with van der Waals surface area (Å²) in [5.41, 5.74) is 0. The van der Waals surface area contributed by atoms with Gasteiger partial charge in [-0.3, -0.25) is 4.79 Å². The van der Waals surface area contributed by atoms with E-state index in [0.29, 0.717) is 11.3 Å². The molecule has 0 unspecified atom stereocenters. The van der Waals surface area contributed by atoms with Crippen LogP contribution >= 0.6 is 11.8 Å². The molecule has 0 N–H and O–H groups in total. The molecule has 0 saturated carbocycles. The minimum Gasteiger partial charge on any atom is -0.300 e. The van der Waals surface area contributed by atoms with Crippen molar-refractivity contribution in [2.24, 2.45) is 0 Å². The molecule has 5 heteroatoms. The predicted molar refractivity (Wildman–Crippen MR) is 65.6 cm³/mol. The number of rotatable bonds is 5. The summed E-state index contributed by atoms with van der Waals surface area (Å²) < 4.78 is 22.4.